The fourth-order valence-electron chi connectivity index (χ4n) is 1.29. The van der Waals surface area contributed by atoms with Gasteiger partial charge in [-0.15, -0.1) is 0 Å². The number of hydrogen-bond acceptors (Lipinski definition) is 3. The van der Waals surface area contributed by atoms with Crippen LogP contribution in [0.15, 0.2) is 18.2 Å². The maximum absolute atomic E-state index is 9.78. The molecule has 18 heavy (non-hydrogen) atoms. The van der Waals surface area contributed by atoms with Gasteiger partial charge in [-0.1, -0.05) is 29.3 Å². The Balaban J connectivity index is 2.45. The molecule has 1 aromatic carbocycles. The Hall–Kier alpha value is -0.480. The summed E-state index contributed by atoms with van der Waals surface area (Å²) in [7, 11) is 0. The quantitative estimate of drug-likeness (QED) is 0.871. The van der Waals surface area contributed by atoms with Gasteiger partial charge in [0, 0.05) is 6.54 Å². The molecule has 0 fully saturated rings. The molecular formula is C13H19Cl2NO2. The van der Waals surface area contributed by atoms with Gasteiger partial charge in [-0.05, 0) is 32.9 Å². The summed E-state index contributed by atoms with van der Waals surface area (Å²) in [6, 6.07) is 5.26. The molecule has 1 unspecified atom stereocenters. The van der Waals surface area contributed by atoms with E-state index in [0.717, 1.165) is 0 Å². The molecule has 0 aliphatic heterocycles. The van der Waals surface area contributed by atoms with Crippen molar-refractivity contribution >= 4 is 28.9 Å². The van der Waals surface area contributed by atoms with E-state index in [4.69, 9.17) is 27.9 Å². The Kier molecular flexibility index (Phi) is 5.73. The highest BCUT2D eigenvalue weighted by molar-refractivity contribution is 6.39. The molecule has 0 heterocycles. The molecule has 1 rings (SSSR count). The molecule has 3 nitrogen and oxygen atoms in total. The number of aliphatic hydroxyl groups is 1. The van der Waals surface area contributed by atoms with E-state index in [1.165, 1.54) is 0 Å². The molecule has 0 aliphatic carbocycles. The summed E-state index contributed by atoms with van der Waals surface area (Å²) < 4.78 is 5.48. The van der Waals surface area contributed by atoms with Crippen molar-refractivity contribution in [2.75, 3.05) is 18.5 Å². The van der Waals surface area contributed by atoms with Gasteiger partial charge in [0.05, 0.1) is 34.0 Å². The van der Waals surface area contributed by atoms with Crippen LogP contribution in [0, 0.1) is 0 Å². The molecule has 0 aromatic heterocycles. The van der Waals surface area contributed by atoms with Crippen molar-refractivity contribution in [3.63, 3.8) is 0 Å². The van der Waals surface area contributed by atoms with Gasteiger partial charge in [0.15, 0.2) is 0 Å². The number of ether oxygens (including phenoxy) is 1. The standard InChI is InChI=1S/C13H19Cl2NO2/c1-13(2,3)18-8-9(17)7-16-12-10(14)5-4-6-11(12)15/h4-6,9,16-17H,7-8H2,1-3H3. The van der Waals surface area contributed by atoms with E-state index < -0.39 is 6.10 Å². The third kappa shape index (κ3) is 5.44. The van der Waals surface area contributed by atoms with Crippen molar-refractivity contribution in [3.05, 3.63) is 28.2 Å². The highest BCUT2D eigenvalue weighted by Crippen LogP contribution is 2.29. The zero-order chi connectivity index (χ0) is 13.8. The third-order valence-corrected chi connectivity index (χ3v) is 2.82. The van der Waals surface area contributed by atoms with Crippen molar-refractivity contribution in [1.82, 2.24) is 0 Å². The lowest BCUT2D eigenvalue weighted by Gasteiger charge is -2.22. The second-order valence-electron chi connectivity index (χ2n) is 5.05. The summed E-state index contributed by atoms with van der Waals surface area (Å²) in [4.78, 5) is 0. The van der Waals surface area contributed by atoms with Crippen molar-refractivity contribution in [2.45, 2.75) is 32.5 Å². The van der Waals surface area contributed by atoms with Crippen molar-refractivity contribution in [3.8, 4) is 0 Å². The van der Waals surface area contributed by atoms with Crippen LogP contribution >= 0.6 is 23.2 Å². The second kappa shape index (κ2) is 6.62. The molecule has 0 amide bonds. The minimum absolute atomic E-state index is 0.261. The average molecular weight is 292 g/mol. The smallest absolute Gasteiger partial charge is 0.0945 e. The molecule has 0 bridgehead atoms. The van der Waals surface area contributed by atoms with E-state index in [9.17, 15) is 5.11 Å². The Morgan fingerprint density at radius 2 is 1.83 bits per heavy atom. The molecule has 1 atom stereocenters. The van der Waals surface area contributed by atoms with Crippen LogP contribution in [-0.4, -0.2) is 30.0 Å². The highest BCUT2D eigenvalue weighted by atomic mass is 35.5. The van der Waals surface area contributed by atoms with Crippen LogP contribution in [0.2, 0.25) is 10.0 Å². The maximum atomic E-state index is 9.78. The summed E-state index contributed by atoms with van der Waals surface area (Å²) >= 11 is 12.0. The summed E-state index contributed by atoms with van der Waals surface area (Å²) in [5.41, 5.74) is 0.374. The number of aliphatic hydroxyl groups excluding tert-OH is 1. The summed E-state index contributed by atoms with van der Waals surface area (Å²) in [6.45, 7) is 6.42. The molecule has 0 saturated heterocycles. The lowest BCUT2D eigenvalue weighted by molar-refractivity contribution is -0.0449. The maximum Gasteiger partial charge on any atom is 0.0945 e. The molecule has 1 aromatic rings. The predicted molar refractivity (Wildman–Crippen MR) is 76.7 cm³/mol. The second-order valence-corrected chi connectivity index (χ2v) is 5.87. The first-order valence-electron chi connectivity index (χ1n) is 5.79. The highest BCUT2D eigenvalue weighted by Gasteiger charge is 2.14. The zero-order valence-corrected chi connectivity index (χ0v) is 12.3. The van der Waals surface area contributed by atoms with Gasteiger partial charge >= 0.3 is 0 Å². The molecule has 5 heteroatoms. The van der Waals surface area contributed by atoms with Gasteiger partial charge in [-0.25, -0.2) is 0 Å². The topological polar surface area (TPSA) is 41.5 Å². The molecular weight excluding hydrogens is 273 g/mol. The van der Waals surface area contributed by atoms with E-state index >= 15 is 0 Å². The minimum Gasteiger partial charge on any atom is -0.389 e. The number of rotatable bonds is 5. The van der Waals surface area contributed by atoms with Gasteiger partial charge < -0.3 is 15.2 Å². The summed E-state index contributed by atoms with van der Waals surface area (Å²) in [6.07, 6.45) is -0.614. The van der Waals surface area contributed by atoms with Crippen LogP contribution in [0.3, 0.4) is 0 Å². The Bertz CT molecular complexity index is 371. The van der Waals surface area contributed by atoms with Crippen LogP contribution in [0.4, 0.5) is 5.69 Å². The Morgan fingerprint density at radius 1 is 1.28 bits per heavy atom. The number of benzene rings is 1. The van der Waals surface area contributed by atoms with E-state index in [1.807, 2.05) is 20.8 Å². The predicted octanol–water partition coefficient (Wildman–Crippen LogP) is 3.58. The summed E-state index contributed by atoms with van der Waals surface area (Å²) in [5.74, 6) is 0. The van der Waals surface area contributed by atoms with Gasteiger partial charge in [0.1, 0.15) is 0 Å². The van der Waals surface area contributed by atoms with Crippen LogP contribution in [0.1, 0.15) is 20.8 Å². The molecule has 0 radical (unpaired) electrons. The van der Waals surface area contributed by atoms with Crippen LogP contribution in [0.25, 0.3) is 0 Å². The zero-order valence-electron chi connectivity index (χ0n) is 10.8. The molecule has 0 aliphatic rings. The van der Waals surface area contributed by atoms with Crippen molar-refractivity contribution in [1.29, 1.82) is 0 Å². The van der Waals surface area contributed by atoms with E-state index in [0.29, 0.717) is 22.3 Å². The fourth-order valence-corrected chi connectivity index (χ4v) is 1.82. The van der Waals surface area contributed by atoms with Crippen molar-refractivity contribution < 1.29 is 9.84 Å². The normalized spacial score (nSPS) is 13.4. The lowest BCUT2D eigenvalue weighted by Crippen LogP contribution is -2.30. The van der Waals surface area contributed by atoms with Crippen LogP contribution in [-0.2, 0) is 4.74 Å². The van der Waals surface area contributed by atoms with E-state index in [2.05, 4.69) is 5.32 Å². The van der Waals surface area contributed by atoms with Gasteiger partial charge in [0.2, 0.25) is 0 Å². The number of para-hydroxylation sites is 1. The Labute approximate surface area is 118 Å². The van der Waals surface area contributed by atoms with Crippen molar-refractivity contribution in [2.24, 2.45) is 0 Å². The number of anilines is 1. The number of hydrogen-bond donors (Lipinski definition) is 2. The minimum atomic E-state index is -0.614. The van der Waals surface area contributed by atoms with Crippen LogP contribution in [0.5, 0.6) is 0 Å². The van der Waals surface area contributed by atoms with E-state index in [-0.39, 0.29) is 12.2 Å². The fraction of sp³-hybridized carbons (Fsp3) is 0.538. The third-order valence-electron chi connectivity index (χ3n) is 2.19. The lowest BCUT2D eigenvalue weighted by atomic mass is 10.2. The Morgan fingerprint density at radius 3 is 2.33 bits per heavy atom. The van der Waals surface area contributed by atoms with Crippen LogP contribution < -0.4 is 5.32 Å². The first-order valence-corrected chi connectivity index (χ1v) is 6.55. The molecule has 2 N–H and O–H groups in total. The first-order chi connectivity index (χ1) is 8.29. The number of halogens is 2. The van der Waals surface area contributed by atoms with Gasteiger partial charge in [-0.2, -0.15) is 0 Å². The van der Waals surface area contributed by atoms with Gasteiger partial charge in [-0.3, -0.25) is 0 Å². The number of nitrogens with one attached hydrogen (secondary N) is 1. The average Bonchev–Trinajstić information content (AvgIpc) is 2.25. The monoisotopic (exact) mass is 291 g/mol. The molecule has 0 spiro atoms. The first kappa shape index (κ1) is 15.6. The molecule has 102 valence electrons. The molecule has 0 saturated carbocycles. The summed E-state index contributed by atoms with van der Waals surface area (Å²) in [5, 5.41) is 13.9. The SMILES string of the molecule is CC(C)(C)OCC(O)CNc1c(Cl)cccc1Cl. The van der Waals surface area contributed by atoms with E-state index in [1.54, 1.807) is 18.2 Å². The largest absolute Gasteiger partial charge is 0.389 e. The van der Waals surface area contributed by atoms with Gasteiger partial charge in [0.25, 0.3) is 0 Å².